The second kappa shape index (κ2) is 7.75. The Balaban J connectivity index is 1.86. The molecule has 1 fully saturated rings. The van der Waals surface area contributed by atoms with E-state index in [9.17, 15) is 9.59 Å². The second-order valence-corrected chi connectivity index (χ2v) is 5.67. The van der Waals surface area contributed by atoms with Gasteiger partial charge in [-0.15, -0.1) is 6.58 Å². The number of hydrogen-bond donors (Lipinski definition) is 2. The fourth-order valence-corrected chi connectivity index (χ4v) is 2.24. The third kappa shape index (κ3) is 5.33. The van der Waals surface area contributed by atoms with Crippen molar-refractivity contribution in [1.29, 1.82) is 0 Å². The molecule has 1 aromatic rings. The summed E-state index contributed by atoms with van der Waals surface area (Å²) in [6.45, 7) is 6.87. The van der Waals surface area contributed by atoms with Crippen LogP contribution in [0.5, 0.6) is 0 Å². The van der Waals surface area contributed by atoms with E-state index >= 15 is 0 Å². The molecule has 5 nitrogen and oxygen atoms in total. The number of benzene rings is 1. The molecule has 2 rings (SSSR count). The minimum Gasteiger partial charge on any atom is -0.334 e. The van der Waals surface area contributed by atoms with Gasteiger partial charge in [-0.25, -0.2) is 4.79 Å². The summed E-state index contributed by atoms with van der Waals surface area (Å²) in [5.41, 5.74) is 2.40. The molecule has 1 aromatic carbocycles. The Labute approximate surface area is 131 Å². The molecule has 0 aliphatic heterocycles. The Kier molecular flexibility index (Phi) is 5.72. The van der Waals surface area contributed by atoms with E-state index in [4.69, 9.17) is 0 Å². The van der Waals surface area contributed by atoms with Gasteiger partial charge in [0, 0.05) is 19.1 Å². The molecule has 1 aliphatic rings. The van der Waals surface area contributed by atoms with Gasteiger partial charge in [-0.2, -0.15) is 0 Å². The second-order valence-electron chi connectivity index (χ2n) is 5.67. The van der Waals surface area contributed by atoms with Crippen LogP contribution in [0.1, 0.15) is 24.0 Å². The lowest BCUT2D eigenvalue weighted by atomic mass is 10.1. The highest BCUT2D eigenvalue weighted by molar-refractivity contribution is 5.95. The Bertz CT molecular complexity index is 535. The topological polar surface area (TPSA) is 61.4 Å². The van der Waals surface area contributed by atoms with Gasteiger partial charge in [-0.05, 0) is 25.3 Å². The Hall–Kier alpha value is -2.14. The number of hydrogen-bond acceptors (Lipinski definition) is 3. The summed E-state index contributed by atoms with van der Waals surface area (Å²) in [6.07, 6.45) is 3.79. The highest BCUT2D eigenvalue weighted by atomic mass is 16.2. The normalized spacial score (nSPS) is 13.7. The molecule has 0 saturated heterocycles. The lowest BCUT2D eigenvalue weighted by molar-refractivity contribution is -0.121. The molecule has 0 aromatic heterocycles. The molecular weight excluding hydrogens is 278 g/mol. The molecule has 22 heavy (non-hydrogen) atoms. The summed E-state index contributed by atoms with van der Waals surface area (Å²) in [6, 6.07) is 8.28. The molecule has 0 atom stereocenters. The molecule has 1 aliphatic carbocycles. The number of aryl methyl sites for hydroxylation is 1. The van der Waals surface area contributed by atoms with Crippen molar-refractivity contribution in [3.8, 4) is 0 Å². The van der Waals surface area contributed by atoms with E-state index in [-0.39, 0.29) is 12.5 Å². The average molecular weight is 301 g/mol. The number of rotatable bonds is 7. The first-order valence-corrected chi connectivity index (χ1v) is 7.56. The van der Waals surface area contributed by atoms with E-state index in [1.54, 1.807) is 6.08 Å². The lowest BCUT2D eigenvalue weighted by Crippen LogP contribution is -2.44. The molecule has 1 saturated carbocycles. The predicted octanol–water partition coefficient (Wildman–Crippen LogP) is 1.97. The van der Waals surface area contributed by atoms with Gasteiger partial charge in [-0.1, -0.05) is 35.9 Å². The first-order valence-electron chi connectivity index (χ1n) is 7.56. The van der Waals surface area contributed by atoms with Gasteiger partial charge in [0.25, 0.3) is 0 Å². The molecule has 0 bridgehead atoms. The Morgan fingerprint density at radius 3 is 2.59 bits per heavy atom. The zero-order valence-electron chi connectivity index (χ0n) is 13.0. The SMILES string of the molecule is C=CCNC(=O)NC(=O)CN(Cc1ccc(C)cc1)C1CC1. The van der Waals surface area contributed by atoms with E-state index in [0.29, 0.717) is 12.6 Å². The monoisotopic (exact) mass is 301 g/mol. The van der Waals surface area contributed by atoms with E-state index in [0.717, 1.165) is 19.4 Å². The van der Waals surface area contributed by atoms with Gasteiger partial charge in [0.05, 0.1) is 6.54 Å². The number of carbonyl (C=O) groups excluding carboxylic acids is 2. The molecule has 5 heteroatoms. The summed E-state index contributed by atoms with van der Waals surface area (Å²) in [5, 5.41) is 4.87. The number of nitrogens with zero attached hydrogens (tertiary/aromatic N) is 1. The van der Waals surface area contributed by atoms with Crippen LogP contribution in [0.15, 0.2) is 36.9 Å². The zero-order chi connectivity index (χ0) is 15.9. The van der Waals surface area contributed by atoms with E-state index in [1.165, 1.54) is 11.1 Å². The number of amides is 3. The van der Waals surface area contributed by atoms with Crippen LogP contribution >= 0.6 is 0 Å². The van der Waals surface area contributed by atoms with Crippen LogP contribution < -0.4 is 10.6 Å². The van der Waals surface area contributed by atoms with Crippen LogP contribution in [0.4, 0.5) is 4.79 Å². The van der Waals surface area contributed by atoms with E-state index in [2.05, 4.69) is 53.3 Å². The third-order valence-corrected chi connectivity index (χ3v) is 3.58. The van der Waals surface area contributed by atoms with Crippen LogP contribution in [-0.4, -0.2) is 36.0 Å². The first kappa shape index (κ1) is 16.2. The van der Waals surface area contributed by atoms with Gasteiger partial charge < -0.3 is 5.32 Å². The van der Waals surface area contributed by atoms with Crippen molar-refractivity contribution in [3.63, 3.8) is 0 Å². The van der Waals surface area contributed by atoms with Crippen molar-refractivity contribution in [2.24, 2.45) is 0 Å². The van der Waals surface area contributed by atoms with Crippen LogP contribution in [-0.2, 0) is 11.3 Å². The van der Waals surface area contributed by atoms with Crippen LogP contribution in [0, 0.1) is 6.92 Å². The van der Waals surface area contributed by atoms with Crippen LogP contribution in [0.25, 0.3) is 0 Å². The minimum atomic E-state index is -0.476. The molecule has 0 radical (unpaired) electrons. The van der Waals surface area contributed by atoms with E-state index < -0.39 is 6.03 Å². The van der Waals surface area contributed by atoms with Crippen molar-refractivity contribution < 1.29 is 9.59 Å². The Morgan fingerprint density at radius 2 is 2.00 bits per heavy atom. The maximum absolute atomic E-state index is 12.0. The van der Waals surface area contributed by atoms with Crippen LogP contribution in [0.2, 0.25) is 0 Å². The third-order valence-electron chi connectivity index (χ3n) is 3.58. The van der Waals surface area contributed by atoms with Crippen molar-refractivity contribution in [3.05, 3.63) is 48.0 Å². The maximum atomic E-state index is 12.0. The van der Waals surface area contributed by atoms with Crippen molar-refractivity contribution in [2.75, 3.05) is 13.1 Å². The standard InChI is InChI=1S/C17H23N3O2/c1-3-10-18-17(22)19-16(21)12-20(15-8-9-15)11-14-6-4-13(2)5-7-14/h3-7,15H,1,8-12H2,2H3,(H2,18,19,21,22). The summed E-state index contributed by atoms with van der Waals surface area (Å²) in [7, 11) is 0. The van der Waals surface area contributed by atoms with Crippen molar-refractivity contribution in [1.82, 2.24) is 15.5 Å². The highest BCUT2D eigenvalue weighted by Gasteiger charge is 2.30. The van der Waals surface area contributed by atoms with Gasteiger partial charge in [-0.3, -0.25) is 15.0 Å². The van der Waals surface area contributed by atoms with Crippen molar-refractivity contribution in [2.45, 2.75) is 32.4 Å². The minimum absolute atomic E-state index is 0.236. The lowest BCUT2D eigenvalue weighted by Gasteiger charge is -2.21. The number of imide groups is 1. The van der Waals surface area contributed by atoms with Gasteiger partial charge in [0.1, 0.15) is 0 Å². The summed E-state index contributed by atoms with van der Waals surface area (Å²) >= 11 is 0. The fourth-order valence-electron chi connectivity index (χ4n) is 2.24. The first-order chi connectivity index (χ1) is 10.6. The number of urea groups is 1. The molecule has 118 valence electrons. The van der Waals surface area contributed by atoms with E-state index in [1.807, 2.05) is 0 Å². The maximum Gasteiger partial charge on any atom is 0.321 e. The molecule has 0 unspecified atom stereocenters. The number of carbonyl (C=O) groups is 2. The van der Waals surface area contributed by atoms with Gasteiger partial charge >= 0.3 is 6.03 Å². The summed E-state index contributed by atoms with van der Waals surface area (Å²) in [5.74, 6) is -0.277. The van der Waals surface area contributed by atoms with Crippen LogP contribution in [0.3, 0.4) is 0 Å². The van der Waals surface area contributed by atoms with Crippen molar-refractivity contribution >= 4 is 11.9 Å². The molecule has 2 N–H and O–H groups in total. The highest BCUT2D eigenvalue weighted by Crippen LogP contribution is 2.28. The predicted molar refractivity (Wildman–Crippen MR) is 86.3 cm³/mol. The molecule has 0 spiro atoms. The van der Waals surface area contributed by atoms with Gasteiger partial charge in [0.15, 0.2) is 0 Å². The quantitative estimate of drug-likeness (QED) is 0.757. The smallest absolute Gasteiger partial charge is 0.321 e. The fraction of sp³-hybridized carbons (Fsp3) is 0.412. The molecular formula is C17H23N3O2. The molecule has 3 amide bonds. The summed E-state index contributed by atoms with van der Waals surface area (Å²) in [4.78, 5) is 25.6. The largest absolute Gasteiger partial charge is 0.334 e. The van der Waals surface area contributed by atoms with Gasteiger partial charge in [0.2, 0.25) is 5.91 Å². The Morgan fingerprint density at radius 1 is 1.32 bits per heavy atom. The average Bonchev–Trinajstić information content (AvgIpc) is 3.31. The number of nitrogens with one attached hydrogen (secondary N) is 2. The summed E-state index contributed by atoms with van der Waals surface area (Å²) < 4.78 is 0. The zero-order valence-corrected chi connectivity index (χ0v) is 13.0. The molecule has 0 heterocycles.